The Kier molecular flexibility index (Phi) is 8.65. The number of hydrogen-bond donors (Lipinski definition) is 1. The Morgan fingerprint density at radius 2 is 1.75 bits per heavy atom. The molecular formula is C31H30ClF2N3O2S. The lowest BCUT2D eigenvalue weighted by Crippen LogP contribution is -2.47. The highest BCUT2D eigenvalue weighted by Crippen LogP contribution is 2.51. The van der Waals surface area contributed by atoms with E-state index in [1.165, 1.54) is 0 Å². The van der Waals surface area contributed by atoms with Crippen molar-refractivity contribution >= 4 is 29.3 Å². The highest BCUT2D eigenvalue weighted by molar-refractivity contribution is 8.01. The first-order valence-electron chi connectivity index (χ1n) is 13.3. The lowest BCUT2D eigenvalue weighted by atomic mass is 9.89. The summed E-state index contributed by atoms with van der Waals surface area (Å²) in [4.78, 5) is 16.2. The topological polar surface area (TPSA) is 65.4 Å². The van der Waals surface area contributed by atoms with Crippen LogP contribution in [0.5, 0.6) is 5.75 Å². The molecule has 2 aliphatic rings. The van der Waals surface area contributed by atoms with Crippen molar-refractivity contribution in [3.63, 3.8) is 0 Å². The molecule has 0 saturated heterocycles. The van der Waals surface area contributed by atoms with Crippen LogP contribution in [0, 0.1) is 23.0 Å². The molecule has 40 heavy (non-hydrogen) atoms. The molecule has 1 saturated carbocycles. The molecule has 3 aromatic carbocycles. The summed E-state index contributed by atoms with van der Waals surface area (Å²) in [6.07, 6.45) is 3.43. The van der Waals surface area contributed by atoms with Crippen LogP contribution in [0.3, 0.4) is 0 Å². The molecule has 5 nitrogen and oxygen atoms in total. The van der Waals surface area contributed by atoms with Crippen LogP contribution >= 0.6 is 23.4 Å². The molecule has 0 spiro atoms. The van der Waals surface area contributed by atoms with E-state index in [-0.39, 0.29) is 29.0 Å². The highest BCUT2D eigenvalue weighted by Gasteiger charge is 2.44. The van der Waals surface area contributed by atoms with Gasteiger partial charge in [-0.3, -0.25) is 4.79 Å². The quantitative estimate of drug-likeness (QED) is 0.310. The minimum atomic E-state index is -0.980. The standard InChI is InChI=1S/C31H30ClF2N3O2S/c1-36-22-8-10-23(11-9-22)37(31(38)30-28(32)27-24(33)12-13-25(34)29(27)40-30)17-21-15-20(7-14-26(21)39-2)19-5-3-18(16-35)4-6-19/h3-7,12-15,22-23,28,30,36H,8-11,17H2,1-2H3. The first-order chi connectivity index (χ1) is 19.3. The fourth-order valence-electron chi connectivity index (χ4n) is 5.67. The molecule has 0 radical (unpaired) electrons. The third-order valence-corrected chi connectivity index (χ3v) is 9.92. The number of amides is 1. The van der Waals surface area contributed by atoms with E-state index in [2.05, 4.69) is 11.4 Å². The molecular weight excluding hydrogens is 552 g/mol. The third-order valence-electron chi connectivity index (χ3n) is 7.92. The number of nitriles is 1. The predicted octanol–water partition coefficient (Wildman–Crippen LogP) is 6.83. The van der Waals surface area contributed by atoms with E-state index < -0.39 is 22.3 Å². The number of ether oxygens (including phenoxy) is 1. The zero-order chi connectivity index (χ0) is 28.4. The van der Waals surface area contributed by atoms with E-state index in [4.69, 9.17) is 21.6 Å². The average Bonchev–Trinajstić information content (AvgIpc) is 3.35. The second-order valence-electron chi connectivity index (χ2n) is 10.2. The first-order valence-corrected chi connectivity index (χ1v) is 14.6. The number of carbonyl (C=O) groups is 1. The number of carbonyl (C=O) groups excluding carboxylic acids is 1. The van der Waals surface area contributed by atoms with Gasteiger partial charge in [-0.05, 0) is 80.3 Å². The maximum Gasteiger partial charge on any atom is 0.238 e. The summed E-state index contributed by atoms with van der Waals surface area (Å²) >= 11 is 7.67. The van der Waals surface area contributed by atoms with E-state index >= 15 is 0 Å². The molecule has 2 unspecified atom stereocenters. The van der Waals surface area contributed by atoms with Gasteiger partial charge in [0.2, 0.25) is 5.91 Å². The largest absolute Gasteiger partial charge is 0.496 e. The van der Waals surface area contributed by atoms with E-state index in [0.717, 1.165) is 66.3 Å². The lowest BCUT2D eigenvalue weighted by Gasteiger charge is -2.38. The third kappa shape index (κ3) is 5.56. The Balaban J connectivity index is 1.48. The van der Waals surface area contributed by atoms with Crippen molar-refractivity contribution in [1.29, 1.82) is 5.26 Å². The van der Waals surface area contributed by atoms with E-state index in [1.807, 2.05) is 42.3 Å². The van der Waals surface area contributed by atoms with E-state index in [1.54, 1.807) is 19.2 Å². The van der Waals surface area contributed by atoms with Gasteiger partial charge in [-0.1, -0.05) is 18.2 Å². The van der Waals surface area contributed by atoms with Crippen molar-refractivity contribution in [3.8, 4) is 22.9 Å². The van der Waals surface area contributed by atoms with Gasteiger partial charge in [-0.25, -0.2) is 8.78 Å². The van der Waals surface area contributed by atoms with Crippen LogP contribution in [0.4, 0.5) is 8.78 Å². The number of thioether (sulfide) groups is 1. The summed E-state index contributed by atoms with van der Waals surface area (Å²) in [5.41, 5.74) is 3.31. The van der Waals surface area contributed by atoms with Crippen LogP contribution in [0.25, 0.3) is 11.1 Å². The molecule has 9 heteroatoms. The monoisotopic (exact) mass is 581 g/mol. The SMILES string of the molecule is CNC1CCC(N(Cc2cc(-c3ccc(C#N)cc3)ccc2OC)C(=O)C2Sc3c(F)ccc(F)c3C2Cl)CC1. The molecule has 0 bridgehead atoms. The number of nitrogens with one attached hydrogen (secondary N) is 1. The van der Waals surface area contributed by atoms with Gasteiger partial charge in [-0.15, -0.1) is 23.4 Å². The average molecular weight is 582 g/mol. The van der Waals surface area contributed by atoms with Crippen molar-refractivity contribution < 1.29 is 18.3 Å². The fraction of sp³-hybridized carbons (Fsp3) is 0.355. The molecule has 1 aliphatic heterocycles. The molecule has 1 amide bonds. The zero-order valence-corrected chi connectivity index (χ0v) is 23.9. The van der Waals surface area contributed by atoms with Gasteiger partial charge < -0.3 is 15.0 Å². The molecule has 2 atom stereocenters. The summed E-state index contributed by atoms with van der Waals surface area (Å²) < 4.78 is 35.0. The van der Waals surface area contributed by atoms with Gasteiger partial charge in [-0.2, -0.15) is 5.26 Å². The number of nitrogens with zero attached hydrogens (tertiary/aromatic N) is 2. The van der Waals surface area contributed by atoms with Gasteiger partial charge in [0.1, 0.15) is 22.6 Å². The van der Waals surface area contributed by atoms with Crippen LogP contribution in [-0.2, 0) is 11.3 Å². The molecule has 5 rings (SSSR count). The van der Waals surface area contributed by atoms with Gasteiger partial charge in [0.05, 0.1) is 29.0 Å². The second-order valence-corrected chi connectivity index (χ2v) is 11.8. The van der Waals surface area contributed by atoms with Crippen LogP contribution in [0.1, 0.15) is 47.8 Å². The molecule has 208 valence electrons. The maximum atomic E-state index is 14.7. The summed E-state index contributed by atoms with van der Waals surface area (Å²) in [5, 5.41) is 10.7. The van der Waals surface area contributed by atoms with Crippen LogP contribution in [0.2, 0.25) is 0 Å². The van der Waals surface area contributed by atoms with Crippen LogP contribution in [0.15, 0.2) is 59.5 Å². The normalized spacial score (nSPS) is 21.9. The van der Waals surface area contributed by atoms with Crippen LogP contribution in [-0.4, -0.2) is 42.3 Å². The van der Waals surface area contributed by atoms with Gasteiger partial charge in [0, 0.05) is 29.8 Å². The number of benzene rings is 3. The van der Waals surface area contributed by atoms with Crippen molar-refractivity contribution in [3.05, 3.63) is 82.9 Å². The summed E-state index contributed by atoms with van der Waals surface area (Å²) in [5.74, 6) is -0.767. The number of fused-ring (bicyclic) bond motifs is 1. The number of methoxy groups -OCH3 is 1. The van der Waals surface area contributed by atoms with Crippen molar-refractivity contribution in [2.75, 3.05) is 14.2 Å². The Labute approximate surface area is 242 Å². The summed E-state index contributed by atoms with van der Waals surface area (Å²) in [6, 6.07) is 17.7. The Bertz CT molecular complexity index is 1440. The number of halogens is 3. The summed E-state index contributed by atoms with van der Waals surface area (Å²) in [6.45, 7) is 0.267. The van der Waals surface area contributed by atoms with Gasteiger partial charge in [0.15, 0.2) is 0 Å². The first kappa shape index (κ1) is 28.4. The van der Waals surface area contributed by atoms with Crippen molar-refractivity contribution in [2.24, 2.45) is 0 Å². The van der Waals surface area contributed by atoms with E-state index in [9.17, 15) is 13.6 Å². The zero-order valence-electron chi connectivity index (χ0n) is 22.3. The van der Waals surface area contributed by atoms with Crippen molar-refractivity contribution in [2.45, 2.75) is 59.8 Å². The second kappa shape index (κ2) is 12.2. The minimum absolute atomic E-state index is 0.0525. The van der Waals surface area contributed by atoms with Crippen molar-refractivity contribution in [1.82, 2.24) is 10.2 Å². The number of hydrogen-bond acceptors (Lipinski definition) is 5. The predicted molar refractivity (Wildman–Crippen MR) is 153 cm³/mol. The molecule has 1 fully saturated rings. The van der Waals surface area contributed by atoms with Crippen LogP contribution < -0.4 is 10.1 Å². The van der Waals surface area contributed by atoms with Gasteiger partial charge >= 0.3 is 0 Å². The van der Waals surface area contributed by atoms with E-state index in [0.29, 0.717) is 17.4 Å². The molecule has 3 aromatic rings. The molecule has 1 aliphatic carbocycles. The molecule has 0 aromatic heterocycles. The number of rotatable bonds is 7. The Hall–Kier alpha value is -3.12. The minimum Gasteiger partial charge on any atom is -0.496 e. The molecule has 1 N–H and O–H groups in total. The number of alkyl halides is 1. The Morgan fingerprint density at radius 3 is 2.38 bits per heavy atom. The molecule has 1 heterocycles. The smallest absolute Gasteiger partial charge is 0.238 e. The van der Waals surface area contributed by atoms with Gasteiger partial charge in [0.25, 0.3) is 0 Å². The summed E-state index contributed by atoms with van der Waals surface area (Å²) in [7, 11) is 3.54. The lowest BCUT2D eigenvalue weighted by molar-refractivity contribution is -0.134. The maximum absolute atomic E-state index is 14.7. The Morgan fingerprint density at radius 1 is 1.07 bits per heavy atom. The fourth-order valence-corrected chi connectivity index (χ4v) is 7.49. The highest BCUT2D eigenvalue weighted by atomic mass is 35.5.